The fourth-order valence-electron chi connectivity index (χ4n) is 3.92. The van der Waals surface area contributed by atoms with E-state index >= 15 is 0 Å². The fraction of sp³-hybridized carbons (Fsp3) is 0.250. The summed E-state index contributed by atoms with van der Waals surface area (Å²) in [5.74, 6) is -0.0953. The molecule has 0 fully saturated rings. The molecule has 0 aliphatic rings. The molecule has 136 valence electrons. The van der Waals surface area contributed by atoms with Crippen molar-refractivity contribution in [1.82, 2.24) is 9.97 Å². The van der Waals surface area contributed by atoms with Gasteiger partial charge in [0.25, 0.3) is 0 Å². The van der Waals surface area contributed by atoms with Crippen LogP contribution in [-0.4, -0.2) is 18.0 Å². The van der Waals surface area contributed by atoms with Crippen LogP contribution in [0, 0.1) is 20.7 Å². The van der Waals surface area contributed by atoms with Gasteiger partial charge in [-0.15, -0.1) is 0 Å². The lowest BCUT2D eigenvalue weighted by Gasteiger charge is -2.20. The standard InChI is InChI=1S/C24H26N2Si/c1-15-12-16(2)14-19(13-15)23-20-11-10-18-8-7-9-21(27(4,5)6)22(18)24(20)26-17(3)25-23/h7-14H,1-6H3/i3D3. The minimum atomic E-state index is -2.38. The number of aryl methyl sites for hydroxylation is 3. The number of aromatic nitrogens is 2. The van der Waals surface area contributed by atoms with Gasteiger partial charge >= 0.3 is 0 Å². The molecule has 1 aromatic heterocycles. The van der Waals surface area contributed by atoms with Crippen LogP contribution >= 0.6 is 0 Å². The Hall–Kier alpha value is -2.52. The van der Waals surface area contributed by atoms with Gasteiger partial charge in [0.1, 0.15) is 5.82 Å². The third-order valence-electron chi connectivity index (χ3n) is 5.01. The largest absolute Gasteiger partial charge is 0.233 e. The van der Waals surface area contributed by atoms with Gasteiger partial charge in [-0.25, -0.2) is 9.97 Å². The highest BCUT2D eigenvalue weighted by Gasteiger charge is 2.22. The summed E-state index contributed by atoms with van der Waals surface area (Å²) in [6, 6.07) is 16.7. The first-order valence-electron chi connectivity index (χ1n) is 10.8. The Bertz CT molecular complexity index is 1270. The molecule has 4 aromatic rings. The van der Waals surface area contributed by atoms with Crippen molar-refractivity contribution < 1.29 is 4.11 Å². The summed E-state index contributed by atoms with van der Waals surface area (Å²) in [6.07, 6.45) is 0. The number of nitrogens with zero attached hydrogens (tertiary/aromatic N) is 2. The average molecular weight is 374 g/mol. The molecular formula is C24H26N2Si. The Morgan fingerprint density at radius 2 is 1.63 bits per heavy atom. The molecular weight excluding hydrogens is 344 g/mol. The normalized spacial score (nSPS) is 14.2. The molecule has 3 heteroatoms. The zero-order valence-corrected chi connectivity index (χ0v) is 17.5. The molecule has 27 heavy (non-hydrogen) atoms. The van der Waals surface area contributed by atoms with Crippen molar-refractivity contribution >= 4 is 34.9 Å². The lowest BCUT2D eigenvalue weighted by molar-refractivity contribution is 1.10. The van der Waals surface area contributed by atoms with Gasteiger partial charge in [0.2, 0.25) is 0 Å². The van der Waals surface area contributed by atoms with Gasteiger partial charge in [-0.3, -0.25) is 0 Å². The van der Waals surface area contributed by atoms with Gasteiger partial charge in [0, 0.05) is 20.4 Å². The van der Waals surface area contributed by atoms with Crippen LogP contribution in [0.4, 0.5) is 0 Å². The first-order chi connectivity index (χ1) is 13.9. The smallest absolute Gasteiger partial charge is 0.126 e. The van der Waals surface area contributed by atoms with E-state index in [1.807, 2.05) is 19.9 Å². The molecule has 0 amide bonds. The first-order valence-corrected chi connectivity index (χ1v) is 12.8. The molecule has 0 atom stereocenters. The molecule has 0 aliphatic carbocycles. The van der Waals surface area contributed by atoms with E-state index in [2.05, 4.69) is 72.1 Å². The summed E-state index contributed by atoms with van der Waals surface area (Å²) in [6.45, 7) is 8.62. The lowest BCUT2D eigenvalue weighted by Crippen LogP contribution is -2.38. The number of hydrogen-bond donors (Lipinski definition) is 0. The van der Waals surface area contributed by atoms with E-state index in [4.69, 9.17) is 4.11 Å². The van der Waals surface area contributed by atoms with Crippen LogP contribution in [0.5, 0.6) is 0 Å². The highest BCUT2D eigenvalue weighted by molar-refractivity contribution is 6.90. The van der Waals surface area contributed by atoms with Crippen LogP contribution in [0.3, 0.4) is 0 Å². The van der Waals surface area contributed by atoms with Crippen LogP contribution in [0.2, 0.25) is 19.6 Å². The Balaban J connectivity index is 2.22. The Labute approximate surface area is 166 Å². The van der Waals surface area contributed by atoms with E-state index in [0.717, 1.165) is 38.4 Å². The summed E-state index contributed by atoms with van der Waals surface area (Å²) in [4.78, 5) is 9.19. The summed E-state index contributed by atoms with van der Waals surface area (Å²) >= 11 is 0. The number of fused-ring (bicyclic) bond motifs is 3. The topological polar surface area (TPSA) is 25.8 Å². The second-order valence-electron chi connectivity index (χ2n) is 8.39. The van der Waals surface area contributed by atoms with Crippen LogP contribution in [0.25, 0.3) is 32.9 Å². The highest BCUT2D eigenvalue weighted by Crippen LogP contribution is 2.32. The maximum absolute atomic E-state index is 7.99. The fourth-order valence-corrected chi connectivity index (χ4v) is 5.53. The van der Waals surface area contributed by atoms with E-state index in [1.165, 1.54) is 5.19 Å². The third-order valence-corrected chi connectivity index (χ3v) is 7.04. The van der Waals surface area contributed by atoms with Crippen molar-refractivity contribution in [3.8, 4) is 11.3 Å². The van der Waals surface area contributed by atoms with Crippen LogP contribution < -0.4 is 5.19 Å². The molecule has 0 bridgehead atoms. The first kappa shape index (κ1) is 14.5. The van der Waals surface area contributed by atoms with Crippen LogP contribution in [0.1, 0.15) is 21.1 Å². The van der Waals surface area contributed by atoms with Crippen molar-refractivity contribution in [3.63, 3.8) is 0 Å². The van der Waals surface area contributed by atoms with Crippen LogP contribution in [0.15, 0.2) is 48.5 Å². The van der Waals surface area contributed by atoms with Gasteiger partial charge in [-0.2, -0.15) is 0 Å². The minimum Gasteiger partial charge on any atom is -0.233 e. The second-order valence-corrected chi connectivity index (χ2v) is 13.4. The zero-order valence-electron chi connectivity index (χ0n) is 19.5. The third kappa shape index (κ3) is 3.17. The summed E-state index contributed by atoms with van der Waals surface area (Å²) in [5, 5.41) is 4.33. The van der Waals surface area contributed by atoms with E-state index in [-0.39, 0.29) is 5.82 Å². The molecule has 3 aromatic carbocycles. The monoisotopic (exact) mass is 373 g/mol. The molecule has 0 saturated carbocycles. The molecule has 0 saturated heterocycles. The Kier molecular flexibility index (Phi) is 3.38. The molecule has 0 aliphatic heterocycles. The number of hydrogen-bond acceptors (Lipinski definition) is 2. The molecule has 0 spiro atoms. The van der Waals surface area contributed by atoms with Crippen molar-refractivity contribution in [2.45, 2.75) is 40.3 Å². The van der Waals surface area contributed by atoms with Crippen molar-refractivity contribution in [2.24, 2.45) is 0 Å². The lowest BCUT2D eigenvalue weighted by atomic mass is 9.99. The van der Waals surface area contributed by atoms with Gasteiger partial charge in [0.15, 0.2) is 0 Å². The van der Waals surface area contributed by atoms with Crippen molar-refractivity contribution in [2.75, 3.05) is 0 Å². The molecule has 2 nitrogen and oxygen atoms in total. The zero-order chi connectivity index (χ0) is 21.8. The SMILES string of the molecule is [2H]C([2H])([2H])c1nc(-c2cc(C)cc(C)c2)c2ccc3cccc([Si](C)(C)C)c3c2n1. The van der Waals surface area contributed by atoms with Crippen molar-refractivity contribution in [1.29, 1.82) is 0 Å². The molecule has 4 rings (SSSR count). The summed E-state index contributed by atoms with van der Waals surface area (Å²) in [5.41, 5.74) is 4.59. The van der Waals surface area contributed by atoms with Crippen molar-refractivity contribution in [3.05, 3.63) is 65.5 Å². The molecule has 1 heterocycles. The van der Waals surface area contributed by atoms with E-state index in [0.29, 0.717) is 5.69 Å². The molecule has 0 radical (unpaired) electrons. The van der Waals surface area contributed by atoms with Gasteiger partial charge in [0.05, 0.1) is 19.3 Å². The van der Waals surface area contributed by atoms with Gasteiger partial charge in [-0.05, 0) is 44.3 Å². The molecule has 0 unspecified atom stereocenters. The summed E-state index contributed by atoms with van der Waals surface area (Å²) in [7, 11) is -1.69. The molecule has 0 N–H and O–H groups in total. The summed E-state index contributed by atoms with van der Waals surface area (Å²) < 4.78 is 24.0. The predicted octanol–water partition coefficient (Wildman–Crippen LogP) is 5.92. The van der Waals surface area contributed by atoms with Gasteiger partial charge in [-0.1, -0.05) is 66.3 Å². The van der Waals surface area contributed by atoms with E-state index in [9.17, 15) is 0 Å². The minimum absolute atomic E-state index is 0.0953. The Morgan fingerprint density at radius 3 is 2.30 bits per heavy atom. The second kappa shape index (κ2) is 6.27. The van der Waals surface area contributed by atoms with E-state index < -0.39 is 14.9 Å². The maximum atomic E-state index is 7.99. The number of benzene rings is 3. The highest BCUT2D eigenvalue weighted by atomic mass is 28.3. The quantitative estimate of drug-likeness (QED) is 0.322. The van der Waals surface area contributed by atoms with E-state index in [1.54, 1.807) is 0 Å². The maximum Gasteiger partial charge on any atom is 0.126 e. The predicted molar refractivity (Wildman–Crippen MR) is 120 cm³/mol. The number of rotatable bonds is 2. The Morgan fingerprint density at radius 1 is 0.889 bits per heavy atom. The van der Waals surface area contributed by atoms with Gasteiger partial charge < -0.3 is 0 Å². The van der Waals surface area contributed by atoms with Crippen LogP contribution in [-0.2, 0) is 0 Å². The average Bonchev–Trinajstić information content (AvgIpc) is 2.64.